The Balaban J connectivity index is 1.63. The summed E-state index contributed by atoms with van der Waals surface area (Å²) >= 11 is 11.8. The maximum absolute atomic E-state index is 12.2. The molecule has 128 valence electrons. The largest absolute Gasteiger partial charge is 0.486 e. The van der Waals surface area contributed by atoms with Crippen LogP contribution in [0.25, 0.3) is 0 Å². The number of imidazole rings is 1. The second kappa shape index (κ2) is 7.59. The van der Waals surface area contributed by atoms with Crippen molar-refractivity contribution in [2.24, 2.45) is 7.05 Å². The standard InChI is InChI=1S/C18H14Cl2N2O3/c1-22-9-8-21-17(22)11-24-14-5-2-12(3-6-14)18(23)25-16-7-4-13(19)10-15(16)20/h2-10H,11H2,1H3. The van der Waals surface area contributed by atoms with Crippen molar-refractivity contribution in [2.75, 3.05) is 0 Å². The average molecular weight is 377 g/mol. The molecule has 1 heterocycles. The maximum Gasteiger partial charge on any atom is 0.343 e. The molecule has 0 radical (unpaired) electrons. The highest BCUT2D eigenvalue weighted by Crippen LogP contribution is 2.28. The van der Waals surface area contributed by atoms with Crippen LogP contribution in [0.5, 0.6) is 11.5 Å². The van der Waals surface area contributed by atoms with Crippen LogP contribution in [0.4, 0.5) is 0 Å². The van der Waals surface area contributed by atoms with Crippen LogP contribution in [0.1, 0.15) is 16.2 Å². The van der Waals surface area contributed by atoms with Crippen LogP contribution in [0, 0.1) is 0 Å². The molecule has 0 unspecified atom stereocenters. The quantitative estimate of drug-likeness (QED) is 0.485. The van der Waals surface area contributed by atoms with Crippen molar-refractivity contribution in [1.82, 2.24) is 9.55 Å². The van der Waals surface area contributed by atoms with Gasteiger partial charge in [0.05, 0.1) is 10.6 Å². The molecule has 0 saturated heterocycles. The Morgan fingerprint density at radius 3 is 2.56 bits per heavy atom. The van der Waals surface area contributed by atoms with Gasteiger partial charge in [-0.25, -0.2) is 9.78 Å². The summed E-state index contributed by atoms with van der Waals surface area (Å²) in [5.41, 5.74) is 0.385. The topological polar surface area (TPSA) is 53.4 Å². The van der Waals surface area contributed by atoms with Gasteiger partial charge in [-0.2, -0.15) is 0 Å². The summed E-state index contributed by atoms with van der Waals surface area (Å²) in [7, 11) is 1.90. The molecule has 0 aliphatic carbocycles. The molecule has 0 N–H and O–H groups in total. The number of rotatable bonds is 5. The van der Waals surface area contributed by atoms with Crippen LogP contribution >= 0.6 is 23.2 Å². The molecule has 1 aromatic heterocycles. The lowest BCUT2D eigenvalue weighted by Crippen LogP contribution is -2.09. The minimum atomic E-state index is -0.514. The van der Waals surface area contributed by atoms with Gasteiger partial charge in [0.25, 0.3) is 0 Å². The maximum atomic E-state index is 12.2. The molecule has 25 heavy (non-hydrogen) atoms. The van der Waals surface area contributed by atoms with E-state index in [4.69, 9.17) is 32.7 Å². The van der Waals surface area contributed by atoms with E-state index in [1.165, 1.54) is 6.07 Å². The van der Waals surface area contributed by atoms with E-state index in [9.17, 15) is 4.79 Å². The first-order chi connectivity index (χ1) is 12.0. The minimum Gasteiger partial charge on any atom is -0.486 e. The SMILES string of the molecule is Cn1ccnc1COc1ccc(C(=O)Oc2ccc(Cl)cc2Cl)cc1. The molecule has 7 heteroatoms. The van der Waals surface area contributed by atoms with Gasteiger partial charge in [-0.15, -0.1) is 0 Å². The zero-order chi connectivity index (χ0) is 17.8. The summed E-state index contributed by atoms with van der Waals surface area (Å²) in [5, 5.41) is 0.745. The van der Waals surface area contributed by atoms with Gasteiger partial charge in [0, 0.05) is 24.5 Å². The Hall–Kier alpha value is -2.50. The van der Waals surface area contributed by atoms with Crippen molar-refractivity contribution in [3.8, 4) is 11.5 Å². The van der Waals surface area contributed by atoms with Crippen molar-refractivity contribution in [1.29, 1.82) is 0 Å². The molecule has 0 aliphatic rings. The Morgan fingerprint density at radius 2 is 1.92 bits per heavy atom. The highest BCUT2D eigenvalue weighted by Gasteiger charge is 2.12. The Kier molecular flexibility index (Phi) is 5.26. The molecule has 0 fully saturated rings. The second-order valence-electron chi connectivity index (χ2n) is 5.23. The fraction of sp³-hybridized carbons (Fsp3) is 0.111. The van der Waals surface area contributed by atoms with E-state index in [0.717, 1.165) is 5.82 Å². The summed E-state index contributed by atoms with van der Waals surface area (Å²) in [5.74, 6) is 1.18. The first-order valence-electron chi connectivity index (χ1n) is 7.39. The first-order valence-corrected chi connectivity index (χ1v) is 8.15. The number of carbonyl (C=O) groups excluding carboxylic acids is 1. The fourth-order valence-electron chi connectivity index (χ4n) is 2.09. The van der Waals surface area contributed by atoms with E-state index in [0.29, 0.717) is 22.9 Å². The van der Waals surface area contributed by atoms with E-state index in [1.807, 2.05) is 17.8 Å². The van der Waals surface area contributed by atoms with Crippen LogP contribution in [-0.4, -0.2) is 15.5 Å². The van der Waals surface area contributed by atoms with E-state index >= 15 is 0 Å². The molecule has 0 spiro atoms. The fourth-order valence-corrected chi connectivity index (χ4v) is 2.53. The molecule has 3 aromatic rings. The van der Waals surface area contributed by atoms with Gasteiger partial charge in [0.2, 0.25) is 0 Å². The molecule has 0 bridgehead atoms. The zero-order valence-corrected chi connectivity index (χ0v) is 14.8. The van der Waals surface area contributed by atoms with Crippen LogP contribution in [-0.2, 0) is 13.7 Å². The number of aromatic nitrogens is 2. The van der Waals surface area contributed by atoms with E-state index in [1.54, 1.807) is 42.6 Å². The summed E-state index contributed by atoms with van der Waals surface area (Å²) in [6, 6.07) is 11.3. The van der Waals surface area contributed by atoms with Crippen molar-refractivity contribution in [2.45, 2.75) is 6.61 Å². The third-order valence-electron chi connectivity index (χ3n) is 3.48. The number of hydrogen-bond donors (Lipinski definition) is 0. The number of halogens is 2. The average Bonchev–Trinajstić information content (AvgIpc) is 3.01. The van der Waals surface area contributed by atoms with Gasteiger partial charge in [0.1, 0.15) is 23.9 Å². The zero-order valence-electron chi connectivity index (χ0n) is 13.3. The van der Waals surface area contributed by atoms with Crippen molar-refractivity contribution in [3.05, 3.63) is 76.3 Å². The van der Waals surface area contributed by atoms with Gasteiger partial charge >= 0.3 is 5.97 Å². The van der Waals surface area contributed by atoms with E-state index in [-0.39, 0.29) is 10.8 Å². The monoisotopic (exact) mass is 376 g/mol. The van der Waals surface area contributed by atoms with Crippen molar-refractivity contribution >= 4 is 29.2 Å². The van der Waals surface area contributed by atoms with Crippen molar-refractivity contribution < 1.29 is 14.3 Å². The molecule has 5 nitrogen and oxygen atoms in total. The van der Waals surface area contributed by atoms with Crippen LogP contribution in [0.15, 0.2) is 54.9 Å². The Labute approximate surface area is 154 Å². The predicted molar refractivity (Wildman–Crippen MR) is 95.4 cm³/mol. The molecular formula is C18H14Cl2N2O3. The van der Waals surface area contributed by atoms with Crippen LogP contribution < -0.4 is 9.47 Å². The molecule has 0 aliphatic heterocycles. The molecule has 0 atom stereocenters. The second-order valence-corrected chi connectivity index (χ2v) is 6.08. The van der Waals surface area contributed by atoms with Gasteiger partial charge in [0.15, 0.2) is 0 Å². The third-order valence-corrected chi connectivity index (χ3v) is 4.01. The highest BCUT2D eigenvalue weighted by molar-refractivity contribution is 6.35. The number of carbonyl (C=O) groups is 1. The van der Waals surface area contributed by atoms with Gasteiger partial charge in [-0.05, 0) is 42.5 Å². The van der Waals surface area contributed by atoms with Gasteiger partial charge in [-0.3, -0.25) is 0 Å². The Morgan fingerprint density at radius 1 is 1.16 bits per heavy atom. The smallest absolute Gasteiger partial charge is 0.343 e. The number of aryl methyl sites for hydroxylation is 1. The van der Waals surface area contributed by atoms with Gasteiger partial charge in [-0.1, -0.05) is 23.2 Å². The summed E-state index contributed by atoms with van der Waals surface area (Å²) in [4.78, 5) is 16.4. The highest BCUT2D eigenvalue weighted by atomic mass is 35.5. The lowest BCUT2D eigenvalue weighted by molar-refractivity contribution is 0.0735. The summed E-state index contributed by atoms with van der Waals surface area (Å²) in [6.45, 7) is 0.341. The van der Waals surface area contributed by atoms with Crippen LogP contribution in [0.2, 0.25) is 10.0 Å². The molecular weight excluding hydrogens is 363 g/mol. The first kappa shape index (κ1) is 17.3. The number of ether oxygens (including phenoxy) is 2. The molecule has 3 rings (SSSR count). The summed E-state index contributed by atoms with van der Waals surface area (Å²) < 4.78 is 12.8. The lowest BCUT2D eigenvalue weighted by atomic mass is 10.2. The van der Waals surface area contributed by atoms with Gasteiger partial charge < -0.3 is 14.0 Å². The third kappa shape index (κ3) is 4.32. The minimum absolute atomic E-state index is 0.256. The lowest BCUT2D eigenvalue weighted by Gasteiger charge is -2.08. The van der Waals surface area contributed by atoms with E-state index < -0.39 is 5.97 Å². The molecule has 0 amide bonds. The molecule has 0 saturated carbocycles. The predicted octanol–water partition coefficient (Wildman–Crippen LogP) is 4.53. The number of benzene rings is 2. The summed E-state index contributed by atoms with van der Waals surface area (Å²) in [6.07, 6.45) is 3.55. The number of hydrogen-bond acceptors (Lipinski definition) is 4. The number of nitrogens with zero attached hydrogens (tertiary/aromatic N) is 2. The normalized spacial score (nSPS) is 10.5. The Bertz CT molecular complexity index is 892. The van der Waals surface area contributed by atoms with E-state index in [2.05, 4.69) is 4.98 Å². The van der Waals surface area contributed by atoms with Crippen molar-refractivity contribution in [3.63, 3.8) is 0 Å². The number of esters is 1. The molecule has 2 aromatic carbocycles. The van der Waals surface area contributed by atoms with Crippen LogP contribution in [0.3, 0.4) is 0 Å².